The van der Waals surface area contributed by atoms with Gasteiger partial charge >= 0.3 is 5.97 Å². The number of hydrogen-bond donors (Lipinski definition) is 1. The minimum absolute atomic E-state index is 0.133. The molecule has 100 valence electrons. The molecule has 2 aromatic rings. The van der Waals surface area contributed by atoms with E-state index in [9.17, 15) is 9.18 Å². The van der Waals surface area contributed by atoms with Crippen molar-refractivity contribution >= 4 is 16.9 Å². The number of carbonyl (C=O) groups is 1. The molecule has 0 spiro atoms. The van der Waals surface area contributed by atoms with E-state index in [2.05, 4.69) is 4.98 Å². The van der Waals surface area contributed by atoms with E-state index in [0.717, 1.165) is 0 Å². The van der Waals surface area contributed by atoms with Gasteiger partial charge in [0.05, 0.1) is 6.42 Å². The Balaban J connectivity index is 2.76. The molecule has 3 nitrogen and oxygen atoms in total. The van der Waals surface area contributed by atoms with Gasteiger partial charge in [0.2, 0.25) is 0 Å². The smallest absolute Gasteiger partial charge is 0.307 e. The second kappa shape index (κ2) is 4.61. The molecule has 0 bridgehead atoms. The number of rotatable bonds is 2. The largest absolute Gasteiger partial charge is 0.481 e. The molecule has 1 N–H and O–H groups in total. The second-order valence-corrected chi connectivity index (χ2v) is 5.62. The van der Waals surface area contributed by atoms with Crippen LogP contribution in [0.3, 0.4) is 0 Å². The fourth-order valence-electron chi connectivity index (χ4n) is 1.98. The minimum Gasteiger partial charge on any atom is -0.481 e. The van der Waals surface area contributed by atoms with E-state index in [4.69, 9.17) is 5.11 Å². The van der Waals surface area contributed by atoms with Gasteiger partial charge in [-0.3, -0.25) is 4.79 Å². The molecule has 0 aliphatic carbocycles. The molecule has 1 aromatic heterocycles. The van der Waals surface area contributed by atoms with E-state index in [1.54, 1.807) is 18.2 Å². The van der Waals surface area contributed by atoms with Crippen molar-refractivity contribution in [2.75, 3.05) is 0 Å². The molecule has 0 unspecified atom stereocenters. The van der Waals surface area contributed by atoms with Crippen LogP contribution in [0.4, 0.5) is 4.39 Å². The number of carboxylic acid groups (broad SMARTS) is 1. The van der Waals surface area contributed by atoms with Crippen molar-refractivity contribution in [3.8, 4) is 0 Å². The summed E-state index contributed by atoms with van der Waals surface area (Å²) in [4.78, 5) is 15.3. The van der Waals surface area contributed by atoms with E-state index in [-0.39, 0.29) is 17.4 Å². The minimum atomic E-state index is -0.934. The van der Waals surface area contributed by atoms with Crippen LogP contribution in [0.15, 0.2) is 24.3 Å². The fourth-order valence-corrected chi connectivity index (χ4v) is 1.98. The van der Waals surface area contributed by atoms with Crippen LogP contribution in [0.1, 0.15) is 32.0 Å². The highest BCUT2D eigenvalue weighted by molar-refractivity contribution is 5.86. The van der Waals surface area contributed by atoms with E-state index in [1.165, 1.54) is 6.07 Å². The number of benzene rings is 1. The molecule has 0 atom stereocenters. The monoisotopic (exact) mass is 261 g/mol. The number of halogens is 1. The van der Waals surface area contributed by atoms with Gasteiger partial charge in [-0.25, -0.2) is 9.37 Å². The molecular formula is C15H16FNO2. The molecule has 0 amide bonds. The number of aromatic nitrogens is 1. The zero-order chi connectivity index (χ0) is 14.2. The predicted molar refractivity (Wildman–Crippen MR) is 71.7 cm³/mol. The summed E-state index contributed by atoms with van der Waals surface area (Å²) in [5.41, 5.74) is 1.28. The summed E-state index contributed by atoms with van der Waals surface area (Å²) >= 11 is 0. The Labute approximate surface area is 111 Å². The standard InChI is InChI=1S/C15H16FNO2/c1-15(2,3)12-7-9(8-13(18)19)10-5-4-6-11(16)14(10)17-12/h4-7H,8H2,1-3H3,(H,18,19). The Morgan fingerprint density at radius 3 is 2.63 bits per heavy atom. The Bertz CT molecular complexity index is 644. The lowest BCUT2D eigenvalue weighted by Crippen LogP contribution is -2.15. The summed E-state index contributed by atoms with van der Waals surface area (Å²) in [5.74, 6) is -1.35. The molecule has 1 aromatic carbocycles. The molecule has 0 aliphatic rings. The zero-order valence-corrected chi connectivity index (χ0v) is 11.2. The first-order valence-corrected chi connectivity index (χ1v) is 6.09. The third-order valence-electron chi connectivity index (χ3n) is 2.99. The van der Waals surface area contributed by atoms with Crippen LogP contribution in [-0.2, 0) is 16.6 Å². The average Bonchev–Trinajstić information content (AvgIpc) is 2.28. The van der Waals surface area contributed by atoms with E-state index in [0.29, 0.717) is 16.6 Å². The van der Waals surface area contributed by atoms with Gasteiger partial charge in [-0.1, -0.05) is 32.9 Å². The third kappa shape index (κ3) is 2.72. The quantitative estimate of drug-likeness (QED) is 0.902. The van der Waals surface area contributed by atoms with E-state index in [1.807, 2.05) is 20.8 Å². The maximum absolute atomic E-state index is 13.9. The van der Waals surface area contributed by atoms with Gasteiger partial charge in [0.1, 0.15) is 11.3 Å². The van der Waals surface area contributed by atoms with Crippen LogP contribution in [0.5, 0.6) is 0 Å². The summed E-state index contributed by atoms with van der Waals surface area (Å²) in [6, 6.07) is 6.37. The van der Waals surface area contributed by atoms with Crippen molar-refractivity contribution < 1.29 is 14.3 Å². The first-order valence-electron chi connectivity index (χ1n) is 6.09. The molecule has 0 aliphatic heterocycles. The molecule has 4 heteroatoms. The zero-order valence-electron chi connectivity index (χ0n) is 11.2. The molecule has 0 radical (unpaired) electrons. The van der Waals surface area contributed by atoms with Gasteiger partial charge in [0.25, 0.3) is 0 Å². The van der Waals surface area contributed by atoms with Crippen LogP contribution in [-0.4, -0.2) is 16.1 Å². The first kappa shape index (κ1) is 13.5. The number of aliphatic carboxylic acids is 1. The molecule has 19 heavy (non-hydrogen) atoms. The topological polar surface area (TPSA) is 50.2 Å². The van der Waals surface area contributed by atoms with Crippen LogP contribution >= 0.6 is 0 Å². The molecule has 1 heterocycles. The summed E-state index contributed by atoms with van der Waals surface area (Å²) < 4.78 is 13.9. The number of para-hydroxylation sites is 1. The van der Waals surface area contributed by atoms with Crippen molar-refractivity contribution in [2.45, 2.75) is 32.6 Å². The number of carboxylic acids is 1. The fraction of sp³-hybridized carbons (Fsp3) is 0.333. The lowest BCUT2D eigenvalue weighted by molar-refractivity contribution is -0.136. The molecule has 0 saturated heterocycles. The lowest BCUT2D eigenvalue weighted by Gasteiger charge is -2.19. The predicted octanol–water partition coefficient (Wildman–Crippen LogP) is 3.30. The van der Waals surface area contributed by atoms with Gasteiger partial charge in [-0.2, -0.15) is 0 Å². The highest BCUT2D eigenvalue weighted by Crippen LogP contribution is 2.27. The first-order chi connectivity index (χ1) is 8.79. The number of fused-ring (bicyclic) bond motifs is 1. The highest BCUT2D eigenvalue weighted by Gasteiger charge is 2.19. The van der Waals surface area contributed by atoms with Crippen LogP contribution in [0.2, 0.25) is 0 Å². The van der Waals surface area contributed by atoms with Crippen molar-refractivity contribution in [2.24, 2.45) is 0 Å². The highest BCUT2D eigenvalue weighted by atomic mass is 19.1. The lowest BCUT2D eigenvalue weighted by atomic mass is 9.89. The van der Waals surface area contributed by atoms with Gasteiger partial charge in [-0.05, 0) is 17.7 Å². The third-order valence-corrected chi connectivity index (χ3v) is 2.99. The van der Waals surface area contributed by atoms with Gasteiger partial charge < -0.3 is 5.11 Å². The van der Waals surface area contributed by atoms with Crippen molar-refractivity contribution in [1.82, 2.24) is 4.98 Å². The van der Waals surface area contributed by atoms with Crippen LogP contribution < -0.4 is 0 Å². The molecular weight excluding hydrogens is 245 g/mol. The summed E-state index contributed by atoms with van der Waals surface area (Å²) in [6.07, 6.45) is -0.133. The Morgan fingerprint density at radius 1 is 1.37 bits per heavy atom. The van der Waals surface area contributed by atoms with Crippen molar-refractivity contribution in [3.05, 3.63) is 41.3 Å². The van der Waals surface area contributed by atoms with E-state index < -0.39 is 11.8 Å². The Kier molecular flexibility index (Phi) is 3.27. The van der Waals surface area contributed by atoms with Gasteiger partial charge in [0.15, 0.2) is 0 Å². The van der Waals surface area contributed by atoms with Crippen molar-refractivity contribution in [1.29, 1.82) is 0 Å². The summed E-state index contributed by atoms with van der Waals surface area (Å²) in [6.45, 7) is 5.89. The summed E-state index contributed by atoms with van der Waals surface area (Å²) in [7, 11) is 0. The van der Waals surface area contributed by atoms with Crippen LogP contribution in [0.25, 0.3) is 10.9 Å². The van der Waals surface area contributed by atoms with Crippen LogP contribution in [0, 0.1) is 5.82 Å². The number of nitrogens with zero attached hydrogens (tertiary/aromatic N) is 1. The molecule has 2 rings (SSSR count). The molecule has 0 saturated carbocycles. The van der Waals surface area contributed by atoms with Crippen molar-refractivity contribution in [3.63, 3.8) is 0 Å². The maximum Gasteiger partial charge on any atom is 0.307 e. The maximum atomic E-state index is 13.9. The Morgan fingerprint density at radius 2 is 2.05 bits per heavy atom. The second-order valence-electron chi connectivity index (χ2n) is 5.62. The number of hydrogen-bond acceptors (Lipinski definition) is 2. The Hall–Kier alpha value is -1.97. The SMILES string of the molecule is CC(C)(C)c1cc(CC(=O)O)c2cccc(F)c2n1. The van der Waals surface area contributed by atoms with E-state index >= 15 is 0 Å². The van der Waals surface area contributed by atoms with Gasteiger partial charge in [-0.15, -0.1) is 0 Å². The van der Waals surface area contributed by atoms with Gasteiger partial charge in [0, 0.05) is 16.5 Å². The average molecular weight is 261 g/mol. The molecule has 0 fully saturated rings. The number of pyridine rings is 1. The normalized spacial score (nSPS) is 11.8. The summed E-state index contributed by atoms with van der Waals surface area (Å²) in [5, 5.41) is 9.54.